The van der Waals surface area contributed by atoms with Gasteiger partial charge < -0.3 is 24.8 Å². The van der Waals surface area contributed by atoms with E-state index < -0.39 is 30.1 Å². The maximum Gasteiger partial charge on any atom is 0.333 e. The van der Waals surface area contributed by atoms with E-state index in [9.17, 15) is 20.1 Å². The predicted octanol–water partition coefficient (Wildman–Crippen LogP) is 1.52. The molecule has 3 N–H and O–H groups in total. The number of hydrogen-bond donors (Lipinski definition) is 3. The fourth-order valence-electron chi connectivity index (χ4n) is 6.20. The van der Waals surface area contributed by atoms with Crippen LogP contribution < -0.4 is 0 Å². The molecule has 0 aromatic rings. The van der Waals surface area contributed by atoms with Crippen molar-refractivity contribution in [2.24, 2.45) is 22.7 Å². The number of rotatable bonds is 3. The lowest BCUT2D eigenvalue weighted by Gasteiger charge is -2.61. The van der Waals surface area contributed by atoms with E-state index in [-0.39, 0.29) is 16.7 Å². The fraction of sp³-hybridized carbons (Fsp3) is 0.850. The van der Waals surface area contributed by atoms with Gasteiger partial charge in [0, 0.05) is 17.1 Å². The normalized spacial score (nSPS) is 53.2. The molecule has 0 amide bonds. The SMILES string of the molecule is C[C@@H]1CC[C@@]2(C)[C@@H](C[C@@H](O)[C@@H](O)[C@@]23CO3)[C@@]1(C)CCC1=CC(=O)O[C@@H]1O. The van der Waals surface area contributed by atoms with Gasteiger partial charge in [0.1, 0.15) is 11.7 Å². The molecule has 26 heavy (non-hydrogen) atoms. The first-order chi connectivity index (χ1) is 12.1. The average Bonchev–Trinajstić information content (AvgIpc) is 3.33. The van der Waals surface area contributed by atoms with Gasteiger partial charge in [-0.3, -0.25) is 0 Å². The molecule has 6 nitrogen and oxygen atoms in total. The summed E-state index contributed by atoms with van der Waals surface area (Å²) in [7, 11) is 0. The molecule has 8 atom stereocenters. The van der Waals surface area contributed by atoms with Crippen molar-refractivity contribution in [3.8, 4) is 0 Å². The third-order valence-corrected chi connectivity index (χ3v) is 8.33. The van der Waals surface area contributed by atoms with Crippen molar-refractivity contribution in [2.75, 3.05) is 6.61 Å². The van der Waals surface area contributed by atoms with E-state index in [0.29, 0.717) is 30.9 Å². The molecule has 6 heteroatoms. The smallest absolute Gasteiger partial charge is 0.333 e. The number of fused-ring (bicyclic) bond motifs is 2. The van der Waals surface area contributed by atoms with Crippen LogP contribution in [0.1, 0.15) is 52.9 Å². The third-order valence-electron chi connectivity index (χ3n) is 8.33. The van der Waals surface area contributed by atoms with Gasteiger partial charge in [-0.25, -0.2) is 4.79 Å². The van der Waals surface area contributed by atoms with Crippen LogP contribution in [0.3, 0.4) is 0 Å². The molecule has 146 valence electrons. The number of esters is 1. The zero-order chi connectivity index (χ0) is 18.9. The fourth-order valence-corrected chi connectivity index (χ4v) is 6.20. The summed E-state index contributed by atoms with van der Waals surface area (Å²) in [6.45, 7) is 7.22. The van der Waals surface area contributed by atoms with Crippen LogP contribution in [0, 0.1) is 22.7 Å². The molecule has 4 rings (SSSR count). The Balaban J connectivity index is 1.62. The van der Waals surface area contributed by atoms with Gasteiger partial charge in [-0.1, -0.05) is 20.8 Å². The number of ether oxygens (including phenoxy) is 2. The molecule has 0 radical (unpaired) electrons. The molecule has 2 heterocycles. The van der Waals surface area contributed by atoms with Crippen LogP contribution in [0.25, 0.3) is 0 Å². The van der Waals surface area contributed by atoms with Crippen molar-refractivity contribution in [2.45, 2.75) is 77.0 Å². The van der Waals surface area contributed by atoms with E-state index in [2.05, 4.69) is 20.8 Å². The first-order valence-corrected chi connectivity index (χ1v) is 9.73. The Morgan fingerprint density at radius 2 is 1.96 bits per heavy atom. The van der Waals surface area contributed by atoms with E-state index in [0.717, 1.165) is 19.3 Å². The van der Waals surface area contributed by atoms with Crippen LogP contribution in [0.5, 0.6) is 0 Å². The molecular formula is C20H30O6. The molecular weight excluding hydrogens is 336 g/mol. The zero-order valence-corrected chi connectivity index (χ0v) is 15.8. The van der Waals surface area contributed by atoms with Crippen molar-refractivity contribution in [1.82, 2.24) is 0 Å². The standard InChI is InChI=1S/C20H30O6/c1-11-4-7-19(3)14(9-13(21)16(23)20(19)10-25-20)18(11,2)6-5-12-8-15(22)26-17(12)24/h8,11,13-14,16-17,21,23-24H,4-7,9-10H2,1-3H3/t11-,13-,14+,16-,17+,18+,19+,20+/m1/s1. The molecule has 3 fully saturated rings. The van der Waals surface area contributed by atoms with Crippen molar-refractivity contribution >= 4 is 5.97 Å². The number of cyclic esters (lactones) is 1. The van der Waals surface area contributed by atoms with Gasteiger partial charge >= 0.3 is 5.97 Å². The molecule has 2 aliphatic carbocycles. The van der Waals surface area contributed by atoms with E-state index in [1.54, 1.807) is 0 Å². The summed E-state index contributed by atoms with van der Waals surface area (Å²) < 4.78 is 10.6. The second kappa shape index (κ2) is 5.77. The molecule has 1 spiro atoms. The van der Waals surface area contributed by atoms with Crippen molar-refractivity contribution in [3.63, 3.8) is 0 Å². The number of hydrogen-bond acceptors (Lipinski definition) is 6. The quantitative estimate of drug-likeness (QED) is 0.517. The number of aliphatic hydroxyl groups is 3. The minimum atomic E-state index is -1.13. The van der Waals surface area contributed by atoms with Gasteiger partial charge in [-0.05, 0) is 49.4 Å². The van der Waals surface area contributed by atoms with Crippen LogP contribution in [0.15, 0.2) is 11.6 Å². The Bertz CT molecular complexity index is 640. The second-order valence-corrected chi connectivity index (χ2v) is 9.35. The lowest BCUT2D eigenvalue weighted by atomic mass is 9.43. The topological polar surface area (TPSA) is 99.5 Å². The van der Waals surface area contributed by atoms with Crippen LogP contribution in [0.2, 0.25) is 0 Å². The Kier molecular flexibility index (Phi) is 4.09. The summed E-state index contributed by atoms with van der Waals surface area (Å²) in [5.41, 5.74) is -0.257. The molecule has 2 aliphatic heterocycles. The second-order valence-electron chi connectivity index (χ2n) is 9.35. The van der Waals surface area contributed by atoms with E-state index in [1.807, 2.05) is 0 Å². The molecule has 0 aromatic carbocycles. The van der Waals surface area contributed by atoms with Gasteiger partial charge in [0.25, 0.3) is 0 Å². The monoisotopic (exact) mass is 366 g/mol. The van der Waals surface area contributed by atoms with Gasteiger partial charge in [0.05, 0.1) is 12.7 Å². The minimum Gasteiger partial charge on any atom is -0.429 e. The average molecular weight is 366 g/mol. The van der Waals surface area contributed by atoms with E-state index in [1.165, 1.54) is 6.08 Å². The van der Waals surface area contributed by atoms with Crippen LogP contribution in [-0.4, -0.2) is 52.0 Å². The Hall–Kier alpha value is -0.950. The highest BCUT2D eigenvalue weighted by Gasteiger charge is 2.73. The Morgan fingerprint density at radius 1 is 1.27 bits per heavy atom. The minimum absolute atomic E-state index is 0.0841. The van der Waals surface area contributed by atoms with E-state index >= 15 is 0 Å². The summed E-state index contributed by atoms with van der Waals surface area (Å²) in [6, 6.07) is 0. The lowest BCUT2D eigenvalue weighted by molar-refractivity contribution is -0.197. The Labute approximate surface area is 154 Å². The maximum absolute atomic E-state index is 11.4. The van der Waals surface area contributed by atoms with Crippen molar-refractivity contribution in [1.29, 1.82) is 0 Å². The van der Waals surface area contributed by atoms with Crippen molar-refractivity contribution < 1.29 is 29.6 Å². The molecule has 4 aliphatic rings. The summed E-state index contributed by atoms with van der Waals surface area (Å²) in [5.74, 6) is 0.158. The van der Waals surface area contributed by atoms with Crippen molar-refractivity contribution in [3.05, 3.63) is 11.6 Å². The maximum atomic E-state index is 11.4. The summed E-state index contributed by atoms with van der Waals surface area (Å²) in [6.07, 6.45) is 2.62. The van der Waals surface area contributed by atoms with Gasteiger partial charge in [0.2, 0.25) is 6.29 Å². The lowest BCUT2D eigenvalue weighted by Crippen LogP contribution is -2.65. The van der Waals surface area contributed by atoms with Gasteiger partial charge in [-0.2, -0.15) is 0 Å². The number of carbonyl (C=O) groups is 1. The highest BCUT2D eigenvalue weighted by atomic mass is 16.6. The first-order valence-electron chi connectivity index (χ1n) is 9.73. The number of carbonyl (C=O) groups excluding carboxylic acids is 1. The first kappa shape index (κ1) is 18.4. The largest absolute Gasteiger partial charge is 0.429 e. The number of aliphatic hydroxyl groups excluding tert-OH is 3. The van der Waals surface area contributed by atoms with Crippen LogP contribution >= 0.6 is 0 Å². The summed E-state index contributed by atoms with van der Waals surface area (Å²) in [4.78, 5) is 11.4. The Morgan fingerprint density at radius 3 is 2.54 bits per heavy atom. The molecule has 0 bridgehead atoms. The summed E-state index contributed by atoms with van der Waals surface area (Å²) in [5, 5.41) is 31.0. The van der Waals surface area contributed by atoms with Crippen LogP contribution in [-0.2, 0) is 14.3 Å². The highest BCUT2D eigenvalue weighted by Crippen LogP contribution is 2.68. The number of epoxide rings is 1. The molecule has 0 unspecified atom stereocenters. The third kappa shape index (κ3) is 2.35. The van der Waals surface area contributed by atoms with E-state index in [4.69, 9.17) is 9.47 Å². The van der Waals surface area contributed by atoms with Crippen LogP contribution in [0.4, 0.5) is 0 Å². The molecule has 0 aromatic heterocycles. The molecule has 2 saturated carbocycles. The predicted molar refractivity (Wildman–Crippen MR) is 92.8 cm³/mol. The molecule has 1 saturated heterocycles. The zero-order valence-electron chi connectivity index (χ0n) is 15.8. The summed E-state index contributed by atoms with van der Waals surface area (Å²) >= 11 is 0. The van der Waals surface area contributed by atoms with Gasteiger partial charge in [-0.15, -0.1) is 0 Å². The van der Waals surface area contributed by atoms with Gasteiger partial charge in [0.15, 0.2) is 0 Å². The highest BCUT2D eigenvalue weighted by molar-refractivity contribution is 5.85.